The largest absolute Gasteiger partial charge is 0.399 e. The van der Waals surface area contributed by atoms with E-state index < -0.39 is 0 Å². The Morgan fingerprint density at radius 1 is 1.33 bits per heavy atom. The number of halogens is 2. The lowest BCUT2D eigenvalue weighted by atomic mass is 10.1. The fourth-order valence-electron chi connectivity index (χ4n) is 2.73. The lowest BCUT2D eigenvalue weighted by molar-refractivity contribution is 0.0981. The van der Waals surface area contributed by atoms with E-state index in [-0.39, 0.29) is 11.9 Å². The van der Waals surface area contributed by atoms with Crippen molar-refractivity contribution in [2.45, 2.75) is 19.4 Å². The first-order valence-corrected chi connectivity index (χ1v) is 8.10. The molecule has 0 saturated heterocycles. The Labute approximate surface area is 142 Å². The van der Waals surface area contributed by atoms with E-state index in [9.17, 15) is 4.79 Å². The van der Waals surface area contributed by atoms with Gasteiger partial charge >= 0.3 is 0 Å². The normalized spacial score (nSPS) is 16.9. The van der Waals surface area contributed by atoms with Crippen LogP contribution in [0.25, 0.3) is 0 Å². The number of hydrogen-bond acceptors (Lipinski definition) is 2. The molecule has 0 spiro atoms. The van der Waals surface area contributed by atoms with Gasteiger partial charge in [0, 0.05) is 26.6 Å². The van der Waals surface area contributed by atoms with Crippen LogP contribution >= 0.6 is 34.2 Å². The van der Waals surface area contributed by atoms with Crippen molar-refractivity contribution in [1.82, 2.24) is 0 Å². The summed E-state index contributed by atoms with van der Waals surface area (Å²) in [6.45, 7) is 2.04. The summed E-state index contributed by atoms with van der Waals surface area (Å²) in [5.41, 5.74) is 9.22. The van der Waals surface area contributed by atoms with Gasteiger partial charge in [-0.25, -0.2) is 0 Å². The van der Waals surface area contributed by atoms with Gasteiger partial charge in [-0.3, -0.25) is 4.79 Å². The average molecular weight is 413 g/mol. The second-order valence-electron chi connectivity index (χ2n) is 5.25. The molecule has 0 radical (unpaired) electrons. The molecular weight excluding hydrogens is 399 g/mol. The van der Waals surface area contributed by atoms with E-state index in [1.54, 1.807) is 6.07 Å². The molecule has 0 fully saturated rings. The molecule has 1 amide bonds. The molecule has 1 aliphatic rings. The minimum atomic E-state index is -0.0238. The molecule has 2 aromatic rings. The SMILES string of the molecule is CC1Cc2cc(N)ccc2N1C(=O)c1ccc(I)c(Cl)c1. The minimum absolute atomic E-state index is 0.0238. The topological polar surface area (TPSA) is 46.3 Å². The molecule has 5 heteroatoms. The molecule has 1 unspecified atom stereocenters. The summed E-state index contributed by atoms with van der Waals surface area (Å²) in [7, 11) is 0. The highest BCUT2D eigenvalue weighted by molar-refractivity contribution is 14.1. The standard InChI is InChI=1S/C16H14ClIN2O/c1-9-6-11-7-12(19)3-5-15(11)20(9)16(21)10-2-4-14(18)13(17)8-10/h2-5,7-9H,6,19H2,1H3. The van der Waals surface area contributed by atoms with Crippen LogP contribution in [0.2, 0.25) is 5.02 Å². The number of hydrogen-bond donors (Lipinski definition) is 1. The summed E-state index contributed by atoms with van der Waals surface area (Å²) in [5, 5.41) is 0.603. The molecule has 3 rings (SSSR count). The molecule has 21 heavy (non-hydrogen) atoms. The third-order valence-electron chi connectivity index (χ3n) is 3.70. The maximum absolute atomic E-state index is 12.8. The van der Waals surface area contributed by atoms with Crippen molar-refractivity contribution >= 4 is 51.5 Å². The molecular formula is C16H14ClIN2O. The molecule has 0 bridgehead atoms. The van der Waals surface area contributed by atoms with Crippen LogP contribution in [0.15, 0.2) is 36.4 Å². The fourth-order valence-corrected chi connectivity index (χ4v) is 3.24. The van der Waals surface area contributed by atoms with Crippen LogP contribution < -0.4 is 10.6 Å². The fraction of sp³-hybridized carbons (Fsp3) is 0.188. The Morgan fingerprint density at radius 2 is 2.10 bits per heavy atom. The van der Waals surface area contributed by atoms with Gasteiger partial charge in [-0.2, -0.15) is 0 Å². The maximum atomic E-state index is 12.8. The van der Waals surface area contributed by atoms with Gasteiger partial charge in [0.2, 0.25) is 0 Å². The number of fused-ring (bicyclic) bond motifs is 1. The Balaban J connectivity index is 2.00. The molecule has 2 aromatic carbocycles. The highest BCUT2D eigenvalue weighted by atomic mass is 127. The predicted molar refractivity (Wildman–Crippen MR) is 95.0 cm³/mol. The predicted octanol–water partition coefficient (Wildman–Crippen LogP) is 4.12. The maximum Gasteiger partial charge on any atom is 0.258 e. The number of benzene rings is 2. The van der Waals surface area contributed by atoms with Crippen molar-refractivity contribution in [3.05, 3.63) is 56.1 Å². The van der Waals surface area contributed by atoms with Crippen molar-refractivity contribution in [2.75, 3.05) is 10.6 Å². The van der Waals surface area contributed by atoms with Crippen molar-refractivity contribution in [2.24, 2.45) is 0 Å². The number of rotatable bonds is 1. The summed E-state index contributed by atoms with van der Waals surface area (Å²) in [5.74, 6) is -0.0238. The summed E-state index contributed by atoms with van der Waals surface area (Å²) in [4.78, 5) is 14.6. The van der Waals surface area contributed by atoms with Crippen molar-refractivity contribution in [1.29, 1.82) is 0 Å². The summed E-state index contributed by atoms with van der Waals surface area (Å²) in [6, 6.07) is 11.2. The summed E-state index contributed by atoms with van der Waals surface area (Å²) >= 11 is 8.28. The van der Waals surface area contributed by atoms with E-state index >= 15 is 0 Å². The molecule has 1 atom stereocenters. The lowest BCUT2D eigenvalue weighted by Crippen LogP contribution is -2.35. The van der Waals surface area contributed by atoms with Crippen LogP contribution in [0.4, 0.5) is 11.4 Å². The Bertz CT molecular complexity index is 732. The number of carbonyl (C=O) groups excluding carboxylic acids is 1. The van der Waals surface area contributed by atoms with Gasteiger partial charge in [0.1, 0.15) is 0 Å². The molecule has 0 aliphatic carbocycles. The van der Waals surface area contributed by atoms with Crippen LogP contribution in [0.3, 0.4) is 0 Å². The first kappa shape index (κ1) is 14.7. The van der Waals surface area contributed by atoms with Crippen molar-refractivity contribution in [3.63, 3.8) is 0 Å². The number of nitrogens with zero attached hydrogens (tertiary/aromatic N) is 1. The van der Waals surface area contributed by atoms with Gasteiger partial charge in [-0.05, 0) is 77.9 Å². The zero-order valence-electron chi connectivity index (χ0n) is 11.4. The second kappa shape index (κ2) is 5.50. The molecule has 3 nitrogen and oxygen atoms in total. The number of amides is 1. The van der Waals surface area contributed by atoms with Crippen LogP contribution in [0, 0.1) is 3.57 Å². The van der Waals surface area contributed by atoms with Gasteiger partial charge in [-0.15, -0.1) is 0 Å². The third kappa shape index (κ3) is 2.62. The molecule has 108 valence electrons. The zero-order valence-corrected chi connectivity index (χ0v) is 14.4. The van der Waals surface area contributed by atoms with E-state index in [0.29, 0.717) is 10.6 Å². The van der Waals surface area contributed by atoms with E-state index in [4.69, 9.17) is 17.3 Å². The molecule has 2 N–H and O–H groups in total. The van der Waals surface area contributed by atoms with Crippen LogP contribution in [0.1, 0.15) is 22.8 Å². The Hall–Kier alpha value is -1.27. The molecule has 0 saturated carbocycles. The Morgan fingerprint density at radius 3 is 2.81 bits per heavy atom. The van der Waals surface area contributed by atoms with Gasteiger partial charge in [0.15, 0.2) is 0 Å². The van der Waals surface area contributed by atoms with Gasteiger partial charge < -0.3 is 10.6 Å². The van der Waals surface area contributed by atoms with E-state index in [1.807, 2.05) is 42.2 Å². The monoisotopic (exact) mass is 412 g/mol. The average Bonchev–Trinajstić information content (AvgIpc) is 2.76. The molecule has 1 heterocycles. The van der Waals surface area contributed by atoms with E-state index in [2.05, 4.69) is 22.6 Å². The van der Waals surface area contributed by atoms with E-state index in [1.165, 1.54) is 0 Å². The summed E-state index contributed by atoms with van der Waals surface area (Å²) < 4.78 is 0.938. The van der Waals surface area contributed by atoms with E-state index in [0.717, 1.165) is 26.9 Å². The van der Waals surface area contributed by atoms with Crippen molar-refractivity contribution in [3.8, 4) is 0 Å². The first-order chi connectivity index (χ1) is 9.97. The number of nitrogens with two attached hydrogens (primary N) is 1. The highest BCUT2D eigenvalue weighted by Gasteiger charge is 2.31. The quantitative estimate of drug-likeness (QED) is 0.566. The van der Waals surface area contributed by atoms with Crippen LogP contribution in [0.5, 0.6) is 0 Å². The number of nitrogen functional groups attached to an aromatic ring is 1. The Kier molecular flexibility index (Phi) is 3.84. The molecule has 0 aromatic heterocycles. The highest BCUT2D eigenvalue weighted by Crippen LogP contribution is 2.35. The van der Waals surface area contributed by atoms with Crippen LogP contribution in [-0.2, 0) is 6.42 Å². The second-order valence-corrected chi connectivity index (χ2v) is 6.81. The molecule has 1 aliphatic heterocycles. The first-order valence-electron chi connectivity index (χ1n) is 6.64. The van der Waals surface area contributed by atoms with Gasteiger partial charge in [0.25, 0.3) is 5.91 Å². The smallest absolute Gasteiger partial charge is 0.258 e. The van der Waals surface area contributed by atoms with Gasteiger partial charge in [-0.1, -0.05) is 11.6 Å². The van der Waals surface area contributed by atoms with Crippen molar-refractivity contribution < 1.29 is 4.79 Å². The number of anilines is 2. The third-order valence-corrected chi connectivity index (χ3v) is 5.28. The van der Waals surface area contributed by atoms with Crippen LogP contribution in [-0.4, -0.2) is 11.9 Å². The van der Waals surface area contributed by atoms with Gasteiger partial charge in [0.05, 0.1) is 5.02 Å². The lowest BCUT2D eigenvalue weighted by Gasteiger charge is -2.23. The zero-order chi connectivity index (χ0) is 15.1. The summed E-state index contributed by atoms with van der Waals surface area (Å²) in [6.07, 6.45) is 0.824. The number of carbonyl (C=O) groups is 1. The minimum Gasteiger partial charge on any atom is -0.399 e.